The van der Waals surface area contributed by atoms with Crippen molar-refractivity contribution in [3.05, 3.63) is 53.2 Å². The van der Waals surface area contributed by atoms with Crippen molar-refractivity contribution in [2.45, 2.75) is 37.2 Å². The third-order valence-electron chi connectivity index (χ3n) is 2.97. The Morgan fingerprint density at radius 3 is 2.84 bits per heavy atom. The Hall–Kier alpha value is -1.32. The number of pyridine rings is 1. The third kappa shape index (κ3) is 3.82. The molecule has 2 nitrogen and oxygen atoms in total. The molecule has 19 heavy (non-hydrogen) atoms. The van der Waals surface area contributed by atoms with E-state index in [4.69, 9.17) is 0 Å². The smallest absolute Gasteiger partial charge is 0.105 e. The lowest BCUT2D eigenvalue weighted by Gasteiger charge is -2.10. The second-order valence-corrected chi connectivity index (χ2v) is 5.65. The highest BCUT2D eigenvalue weighted by atomic mass is 32.2. The van der Waals surface area contributed by atoms with Gasteiger partial charge in [-0.15, -0.1) is 0 Å². The minimum Gasteiger partial charge on any atom is -0.313 e. The van der Waals surface area contributed by atoms with Gasteiger partial charge in [0.2, 0.25) is 0 Å². The zero-order valence-corrected chi connectivity index (χ0v) is 12.6. The first-order chi connectivity index (χ1) is 9.20. The molecular weight excluding hydrogens is 252 g/mol. The monoisotopic (exact) mass is 272 g/mol. The van der Waals surface area contributed by atoms with E-state index in [1.807, 2.05) is 12.3 Å². The number of nitrogens with zero attached hydrogens (tertiary/aromatic N) is 1. The lowest BCUT2D eigenvalue weighted by molar-refractivity contribution is 0.711. The average molecular weight is 272 g/mol. The van der Waals surface area contributed by atoms with E-state index in [0.29, 0.717) is 0 Å². The molecule has 0 unspecified atom stereocenters. The van der Waals surface area contributed by atoms with Gasteiger partial charge in [-0.2, -0.15) is 0 Å². The SMILES string of the molecule is CCNCc1cccnc1Sc1cc(C)ccc1C. The highest BCUT2D eigenvalue weighted by Gasteiger charge is 2.07. The molecule has 1 N–H and O–H groups in total. The molecule has 0 atom stereocenters. The van der Waals surface area contributed by atoms with Gasteiger partial charge in [0, 0.05) is 17.6 Å². The van der Waals surface area contributed by atoms with Gasteiger partial charge in [0.15, 0.2) is 0 Å². The number of hydrogen-bond donors (Lipinski definition) is 1. The van der Waals surface area contributed by atoms with Crippen LogP contribution in [0.1, 0.15) is 23.6 Å². The van der Waals surface area contributed by atoms with Crippen molar-refractivity contribution in [2.75, 3.05) is 6.54 Å². The fourth-order valence-corrected chi connectivity index (χ4v) is 2.90. The first-order valence-electron chi connectivity index (χ1n) is 6.60. The van der Waals surface area contributed by atoms with Crippen molar-refractivity contribution >= 4 is 11.8 Å². The quantitative estimate of drug-likeness (QED) is 0.892. The standard InChI is InChI=1S/C16H20N2S/c1-4-17-11-14-6-5-9-18-16(14)19-15-10-12(2)7-8-13(15)3/h5-10,17H,4,11H2,1-3H3. The van der Waals surface area contributed by atoms with Crippen molar-refractivity contribution in [1.29, 1.82) is 0 Å². The predicted molar refractivity (Wildman–Crippen MR) is 81.7 cm³/mol. The summed E-state index contributed by atoms with van der Waals surface area (Å²) < 4.78 is 0. The number of rotatable bonds is 5. The van der Waals surface area contributed by atoms with E-state index in [0.717, 1.165) is 18.1 Å². The molecule has 2 aromatic rings. The summed E-state index contributed by atoms with van der Waals surface area (Å²) in [5, 5.41) is 4.46. The van der Waals surface area contributed by atoms with Crippen LogP contribution < -0.4 is 5.32 Å². The second kappa shape index (κ2) is 6.73. The fraction of sp³-hybridized carbons (Fsp3) is 0.312. The number of aromatic nitrogens is 1. The summed E-state index contributed by atoms with van der Waals surface area (Å²) in [6.07, 6.45) is 1.86. The van der Waals surface area contributed by atoms with E-state index >= 15 is 0 Å². The predicted octanol–water partition coefficient (Wildman–Crippen LogP) is 3.96. The number of nitrogens with one attached hydrogen (secondary N) is 1. The van der Waals surface area contributed by atoms with Crippen LogP contribution in [0, 0.1) is 13.8 Å². The Morgan fingerprint density at radius 1 is 1.21 bits per heavy atom. The zero-order valence-electron chi connectivity index (χ0n) is 11.7. The molecule has 1 aromatic carbocycles. The Balaban J connectivity index is 2.25. The number of hydrogen-bond acceptors (Lipinski definition) is 3. The van der Waals surface area contributed by atoms with Crippen molar-refractivity contribution in [1.82, 2.24) is 10.3 Å². The maximum absolute atomic E-state index is 4.52. The molecule has 0 radical (unpaired) electrons. The van der Waals surface area contributed by atoms with Crippen LogP contribution in [0.4, 0.5) is 0 Å². The molecule has 1 heterocycles. The molecule has 0 amide bonds. The van der Waals surface area contributed by atoms with Crippen LogP contribution in [0.2, 0.25) is 0 Å². The topological polar surface area (TPSA) is 24.9 Å². The van der Waals surface area contributed by atoms with E-state index < -0.39 is 0 Å². The molecule has 0 fully saturated rings. The van der Waals surface area contributed by atoms with E-state index in [1.54, 1.807) is 11.8 Å². The summed E-state index contributed by atoms with van der Waals surface area (Å²) in [6, 6.07) is 10.7. The third-order valence-corrected chi connectivity index (χ3v) is 4.19. The highest BCUT2D eigenvalue weighted by Crippen LogP contribution is 2.31. The molecule has 0 saturated carbocycles. The number of aryl methyl sites for hydroxylation is 2. The summed E-state index contributed by atoms with van der Waals surface area (Å²) >= 11 is 1.75. The van der Waals surface area contributed by atoms with E-state index in [2.05, 4.69) is 55.3 Å². The minimum atomic E-state index is 0.873. The van der Waals surface area contributed by atoms with Crippen LogP contribution in [-0.4, -0.2) is 11.5 Å². The molecule has 0 aliphatic heterocycles. The normalized spacial score (nSPS) is 10.7. The Kier molecular flexibility index (Phi) is 5.00. The Bertz CT molecular complexity index is 552. The molecule has 0 spiro atoms. The maximum atomic E-state index is 4.52. The first kappa shape index (κ1) is 14.1. The molecule has 2 rings (SSSR count). The lowest BCUT2D eigenvalue weighted by atomic mass is 10.2. The van der Waals surface area contributed by atoms with Gasteiger partial charge in [-0.3, -0.25) is 0 Å². The van der Waals surface area contributed by atoms with Gasteiger partial charge in [0.1, 0.15) is 5.03 Å². The Morgan fingerprint density at radius 2 is 2.05 bits per heavy atom. The molecule has 0 aliphatic rings. The van der Waals surface area contributed by atoms with E-state index in [-0.39, 0.29) is 0 Å². The van der Waals surface area contributed by atoms with Gasteiger partial charge in [-0.1, -0.05) is 36.9 Å². The molecular formula is C16H20N2S. The molecule has 0 bridgehead atoms. The zero-order chi connectivity index (χ0) is 13.7. The molecule has 1 aromatic heterocycles. The van der Waals surface area contributed by atoms with E-state index in [1.165, 1.54) is 21.6 Å². The van der Waals surface area contributed by atoms with Gasteiger partial charge in [-0.05, 0) is 49.2 Å². The molecule has 0 saturated heterocycles. The average Bonchev–Trinajstić information content (AvgIpc) is 2.42. The molecule has 3 heteroatoms. The van der Waals surface area contributed by atoms with Crippen molar-refractivity contribution in [3.8, 4) is 0 Å². The lowest BCUT2D eigenvalue weighted by Crippen LogP contribution is -2.12. The highest BCUT2D eigenvalue weighted by molar-refractivity contribution is 7.99. The van der Waals surface area contributed by atoms with Crippen LogP contribution >= 0.6 is 11.8 Å². The van der Waals surface area contributed by atoms with Gasteiger partial charge in [0.05, 0.1) is 0 Å². The summed E-state index contributed by atoms with van der Waals surface area (Å²) in [7, 11) is 0. The largest absolute Gasteiger partial charge is 0.313 e. The van der Waals surface area contributed by atoms with E-state index in [9.17, 15) is 0 Å². The van der Waals surface area contributed by atoms with Crippen LogP contribution in [0.3, 0.4) is 0 Å². The minimum absolute atomic E-state index is 0.873. The Labute approximate surface area is 119 Å². The molecule has 100 valence electrons. The summed E-state index contributed by atoms with van der Waals surface area (Å²) in [5.74, 6) is 0. The van der Waals surface area contributed by atoms with Gasteiger partial charge in [0.25, 0.3) is 0 Å². The summed E-state index contributed by atoms with van der Waals surface area (Å²) in [5.41, 5.74) is 3.85. The van der Waals surface area contributed by atoms with Gasteiger partial charge < -0.3 is 5.32 Å². The van der Waals surface area contributed by atoms with Crippen LogP contribution in [-0.2, 0) is 6.54 Å². The maximum Gasteiger partial charge on any atom is 0.105 e. The number of benzene rings is 1. The van der Waals surface area contributed by atoms with Crippen molar-refractivity contribution in [3.63, 3.8) is 0 Å². The van der Waals surface area contributed by atoms with Crippen LogP contribution in [0.15, 0.2) is 46.5 Å². The fourth-order valence-electron chi connectivity index (χ4n) is 1.83. The van der Waals surface area contributed by atoms with Crippen LogP contribution in [0.5, 0.6) is 0 Å². The first-order valence-corrected chi connectivity index (χ1v) is 7.42. The van der Waals surface area contributed by atoms with Gasteiger partial charge >= 0.3 is 0 Å². The second-order valence-electron chi connectivity index (χ2n) is 4.62. The van der Waals surface area contributed by atoms with Crippen molar-refractivity contribution < 1.29 is 0 Å². The molecule has 0 aliphatic carbocycles. The van der Waals surface area contributed by atoms with Crippen molar-refractivity contribution in [2.24, 2.45) is 0 Å². The summed E-state index contributed by atoms with van der Waals surface area (Å²) in [4.78, 5) is 5.81. The van der Waals surface area contributed by atoms with Gasteiger partial charge in [-0.25, -0.2) is 4.98 Å². The summed E-state index contributed by atoms with van der Waals surface area (Å²) in [6.45, 7) is 8.24. The van der Waals surface area contributed by atoms with Crippen LogP contribution in [0.25, 0.3) is 0 Å².